The minimum absolute atomic E-state index is 0.0818. The quantitative estimate of drug-likeness (QED) is 0.844. The summed E-state index contributed by atoms with van der Waals surface area (Å²) in [6.07, 6.45) is 0. The molecule has 2 aliphatic heterocycles. The van der Waals surface area contributed by atoms with Crippen LogP contribution in [-0.2, 0) is 0 Å². The molecule has 1 N–H and O–H groups in total. The van der Waals surface area contributed by atoms with E-state index in [9.17, 15) is 9.50 Å². The first-order valence-electron chi connectivity index (χ1n) is 9.16. The molecule has 0 aliphatic carbocycles. The molecule has 0 bridgehead atoms. The van der Waals surface area contributed by atoms with Gasteiger partial charge in [-0.3, -0.25) is 4.90 Å². The molecule has 4 rings (SSSR count). The maximum absolute atomic E-state index is 13.0. The lowest BCUT2D eigenvalue weighted by Gasteiger charge is -2.38. The van der Waals surface area contributed by atoms with Gasteiger partial charge in [0, 0.05) is 37.0 Å². The second kappa shape index (κ2) is 7.37. The van der Waals surface area contributed by atoms with Crippen LogP contribution in [0.15, 0.2) is 42.5 Å². The number of fused-ring (bicyclic) bond motifs is 3. The molecule has 2 aromatic rings. The van der Waals surface area contributed by atoms with Crippen LogP contribution in [-0.4, -0.2) is 56.6 Å². The summed E-state index contributed by atoms with van der Waals surface area (Å²) in [5.74, 6) is 2.21. The minimum Gasteiger partial charge on any atom is -0.497 e. The van der Waals surface area contributed by atoms with Gasteiger partial charge in [-0.1, -0.05) is 6.07 Å². The van der Waals surface area contributed by atoms with Gasteiger partial charge < -0.3 is 19.3 Å². The van der Waals surface area contributed by atoms with Gasteiger partial charge in [-0.05, 0) is 35.9 Å². The second-order valence-corrected chi connectivity index (χ2v) is 7.30. The number of hydrogen-bond donors (Lipinski definition) is 1. The first-order chi connectivity index (χ1) is 13.1. The molecular formula is C21H24FNO4. The molecule has 2 aromatic carbocycles. The van der Waals surface area contributed by atoms with Crippen molar-refractivity contribution in [3.05, 3.63) is 53.8 Å². The van der Waals surface area contributed by atoms with E-state index >= 15 is 0 Å². The normalized spacial score (nSPS) is 24.0. The summed E-state index contributed by atoms with van der Waals surface area (Å²) in [5, 5.41) is 10.1. The van der Waals surface area contributed by atoms with Crippen molar-refractivity contribution < 1.29 is 23.7 Å². The third-order valence-electron chi connectivity index (χ3n) is 5.63. The lowest BCUT2D eigenvalue weighted by atomic mass is 9.74. The Balaban J connectivity index is 1.43. The average molecular weight is 373 g/mol. The van der Waals surface area contributed by atoms with E-state index in [0.29, 0.717) is 19.0 Å². The minimum atomic E-state index is -0.294. The summed E-state index contributed by atoms with van der Waals surface area (Å²) in [6, 6.07) is 11.9. The molecular weight excluding hydrogens is 349 g/mol. The van der Waals surface area contributed by atoms with Gasteiger partial charge in [-0.15, -0.1) is 0 Å². The number of rotatable bonds is 6. The van der Waals surface area contributed by atoms with E-state index in [-0.39, 0.29) is 23.8 Å². The molecule has 5 nitrogen and oxygen atoms in total. The van der Waals surface area contributed by atoms with E-state index in [1.54, 1.807) is 19.2 Å². The largest absolute Gasteiger partial charge is 0.497 e. The van der Waals surface area contributed by atoms with Crippen molar-refractivity contribution in [3.63, 3.8) is 0 Å². The van der Waals surface area contributed by atoms with Crippen LogP contribution in [0.2, 0.25) is 0 Å². The van der Waals surface area contributed by atoms with Crippen molar-refractivity contribution in [2.24, 2.45) is 5.41 Å². The van der Waals surface area contributed by atoms with Gasteiger partial charge >= 0.3 is 0 Å². The molecule has 0 unspecified atom stereocenters. The van der Waals surface area contributed by atoms with Crippen molar-refractivity contribution in [1.82, 2.24) is 4.90 Å². The van der Waals surface area contributed by atoms with Crippen LogP contribution in [0.3, 0.4) is 0 Å². The van der Waals surface area contributed by atoms with E-state index in [1.807, 2.05) is 18.2 Å². The van der Waals surface area contributed by atoms with Crippen LogP contribution in [0.5, 0.6) is 17.2 Å². The van der Waals surface area contributed by atoms with Crippen molar-refractivity contribution in [2.75, 3.05) is 46.6 Å². The Bertz CT molecular complexity index is 797. The smallest absolute Gasteiger partial charge is 0.126 e. The highest BCUT2D eigenvalue weighted by Gasteiger charge is 2.50. The zero-order valence-corrected chi connectivity index (χ0v) is 15.4. The van der Waals surface area contributed by atoms with E-state index in [2.05, 4.69) is 4.90 Å². The average Bonchev–Trinajstić information content (AvgIpc) is 3.08. The Morgan fingerprint density at radius 2 is 2.00 bits per heavy atom. The Kier molecular flexibility index (Phi) is 4.93. The van der Waals surface area contributed by atoms with Gasteiger partial charge in [0.25, 0.3) is 0 Å². The van der Waals surface area contributed by atoms with Crippen molar-refractivity contribution in [3.8, 4) is 17.2 Å². The number of halogens is 1. The second-order valence-electron chi connectivity index (χ2n) is 7.30. The summed E-state index contributed by atoms with van der Waals surface area (Å²) in [4.78, 5) is 2.30. The van der Waals surface area contributed by atoms with Crippen LogP contribution < -0.4 is 14.2 Å². The molecule has 0 amide bonds. The van der Waals surface area contributed by atoms with Crippen LogP contribution in [0.4, 0.5) is 4.39 Å². The fraction of sp³-hybridized carbons (Fsp3) is 0.429. The highest BCUT2D eigenvalue weighted by atomic mass is 19.1. The van der Waals surface area contributed by atoms with E-state index in [1.165, 1.54) is 12.1 Å². The van der Waals surface area contributed by atoms with E-state index in [4.69, 9.17) is 14.2 Å². The Morgan fingerprint density at radius 3 is 2.74 bits per heavy atom. The van der Waals surface area contributed by atoms with Crippen molar-refractivity contribution in [1.29, 1.82) is 0 Å². The molecule has 1 saturated heterocycles. The fourth-order valence-electron chi connectivity index (χ4n) is 4.12. The van der Waals surface area contributed by atoms with Crippen LogP contribution in [0.1, 0.15) is 11.5 Å². The maximum Gasteiger partial charge on any atom is 0.126 e. The molecule has 0 radical (unpaired) electrons. The molecule has 0 saturated carbocycles. The number of likely N-dealkylation sites (tertiary alicyclic amines) is 1. The van der Waals surface area contributed by atoms with Crippen molar-refractivity contribution in [2.45, 2.75) is 5.92 Å². The SMILES string of the molecule is COc1ccc2c(c1)OC[C@]1(CO)CN(CCOc3ccc(F)cc3)C[C@H]21. The highest BCUT2D eigenvalue weighted by Crippen LogP contribution is 2.49. The van der Waals surface area contributed by atoms with Gasteiger partial charge in [0.2, 0.25) is 0 Å². The van der Waals surface area contributed by atoms with Gasteiger partial charge in [0.1, 0.15) is 29.7 Å². The predicted molar refractivity (Wildman–Crippen MR) is 99.1 cm³/mol. The molecule has 6 heteroatoms. The first kappa shape index (κ1) is 18.1. The van der Waals surface area contributed by atoms with Gasteiger partial charge in [-0.2, -0.15) is 0 Å². The van der Waals surface area contributed by atoms with Gasteiger partial charge in [0.15, 0.2) is 0 Å². The maximum atomic E-state index is 13.0. The summed E-state index contributed by atoms with van der Waals surface area (Å²) in [6.45, 7) is 3.42. The van der Waals surface area contributed by atoms with Gasteiger partial charge in [-0.25, -0.2) is 4.39 Å². The van der Waals surface area contributed by atoms with Crippen LogP contribution in [0, 0.1) is 11.2 Å². The standard InChI is InChI=1S/C21H24FNO4/c1-25-17-6-7-18-19-11-23(8-9-26-16-4-2-15(22)3-5-16)12-21(19,13-24)14-27-20(18)10-17/h2-7,10,19,24H,8-9,11-14H2,1H3/t19-,21-/m1/s1. The molecule has 2 aliphatic rings. The van der Waals surface area contributed by atoms with Crippen LogP contribution >= 0.6 is 0 Å². The first-order valence-corrected chi connectivity index (χ1v) is 9.16. The number of aliphatic hydroxyl groups is 1. The molecule has 0 spiro atoms. The number of hydrogen-bond acceptors (Lipinski definition) is 5. The zero-order chi connectivity index (χ0) is 18.9. The fourth-order valence-corrected chi connectivity index (χ4v) is 4.12. The third kappa shape index (κ3) is 3.47. The summed E-state index contributed by atoms with van der Waals surface area (Å²) in [5.41, 5.74) is 0.829. The molecule has 2 heterocycles. The topological polar surface area (TPSA) is 51.2 Å². The molecule has 2 atom stereocenters. The molecule has 0 aromatic heterocycles. The van der Waals surface area contributed by atoms with Crippen molar-refractivity contribution >= 4 is 0 Å². The molecule has 27 heavy (non-hydrogen) atoms. The number of ether oxygens (including phenoxy) is 3. The number of benzene rings is 2. The Hall–Kier alpha value is -2.31. The Labute approximate surface area is 158 Å². The van der Waals surface area contributed by atoms with E-state index < -0.39 is 0 Å². The number of methoxy groups -OCH3 is 1. The Morgan fingerprint density at radius 1 is 1.22 bits per heavy atom. The highest BCUT2D eigenvalue weighted by molar-refractivity contribution is 5.46. The molecule has 144 valence electrons. The van der Waals surface area contributed by atoms with Gasteiger partial charge in [0.05, 0.1) is 20.3 Å². The number of aliphatic hydroxyl groups excluding tert-OH is 1. The lowest BCUT2D eigenvalue weighted by molar-refractivity contribution is 0.0452. The monoisotopic (exact) mass is 373 g/mol. The lowest BCUT2D eigenvalue weighted by Crippen LogP contribution is -2.42. The van der Waals surface area contributed by atoms with Crippen LogP contribution in [0.25, 0.3) is 0 Å². The summed E-state index contributed by atoms with van der Waals surface area (Å²) < 4.78 is 30.0. The summed E-state index contributed by atoms with van der Waals surface area (Å²) >= 11 is 0. The molecule has 1 fully saturated rings. The predicted octanol–water partition coefficient (Wildman–Crippen LogP) is 2.68. The summed E-state index contributed by atoms with van der Waals surface area (Å²) in [7, 11) is 1.64. The third-order valence-corrected chi connectivity index (χ3v) is 5.63. The van der Waals surface area contributed by atoms with E-state index in [0.717, 1.165) is 36.7 Å². The zero-order valence-electron chi connectivity index (χ0n) is 15.4. The number of nitrogens with zero attached hydrogens (tertiary/aromatic N) is 1.